The first-order valence-electron chi connectivity index (χ1n) is 5.49. The molecule has 0 radical (unpaired) electrons. The number of nitrogens with zero attached hydrogens (tertiary/aromatic N) is 3. The zero-order chi connectivity index (χ0) is 13.1. The maximum absolute atomic E-state index is 10.5. The third-order valence-electron chi connectivity index (χ3n) is 2.82. The highest BCUT2D eigenvalue weighted by atomic mass is 16.6. The maximum atomic E-state index is 10.5. The van der Waals surface area contributed by atoms with Gasteiger partial charge >= 0.3 is 0 Å². The molecule has 92 valence electrons. The third-order valence-corrected chi connectivity index (χ3v) is 2.82. The molecule has 2 rings (SSSR count). The largest absolute Gasteiger partial charge is 0.347 e. The number of benzene rings is 1. The van der Waals surface area contributed by atoms with Gasteiger partial charge in [-0.25, -0.2) is 0 Å². The fraction of sp³-hybridized carbons (Fsp3) is 0.154. The number of aromatic nitrogens is 1. The summed E-state index contributed by atoms with van der Waals surface area (Å²) in [6.07, 6.45) is 1.74. The number of nitro benzene ring substituents is 1. The lowest BCUT2D eigenvalue weighted by molar-refractivity contribution is -0.384. The molecule has 18 heavy (non-hydrogen) atoms. The van der Waals surface area contributed by atoms with Gasteiger partial charge in [0.15, 0.2) is 0 Å². The lowest BCUT2D eigenvalue weighted by atomic mass is 10.3. The van der Waals surface area contributed by atoms with Gasteiger partial charge in [0.1, 0.15) is 0 Å². The molecule has 0 spiro atoms. The van der Waals surface area contributed by atoms with E-state index in [1.807, 2.05) is 30.7 Å². The number of hydrogen-bond donors (Lipinski definition) is 0. The molecule has 1 aromatic carbocycles. The van der Waals surface area contributed by atoms with E-state index in [1.54, 1.807) is 18.3 Å². The summed E-state index contributed by atoms with van der Waals surface area (Å²) >= 11 is 0. The van der Waals surface area contributed by atoms with Crippen molar-refractivity contribution >= 4 is 17.6 Å². The minimum absolute atomic E-state index is 0.0728. The molecule has 2 aromatic rings. The van der Waals surface area contributed by atoms with E-state index in [-0.39, 0.29) is 5.69 Å². The number of aryl methyl sites for hydroxylation is 1. The van der Waals surface area contributed by atoms with Crippen LogP contribution >= 0.6 is 0 Å². The second kappa shape index (κ2) is 4.83. The molecule has 0 unspecified atom stereocenters. The van der Waals surface area contributed by atoms with Crippen molar-refractivity contribution in [1.29, 1.82) is 0 Å². The van der Waals surface area contributed by atoms with E-state index in [9.17, 15) is 10.1 Å². The van der Waals surface area contributed by atoms with Crippen LogP contribution in [0.5, 0.6) is 0 Å². The summed E-state index contributed by atoms with van der Waals surface area (Å²) in [5, 5.41) is 10.5. The number of hydrogen-bond acceptors (Lipinski definition) is 3. The number of non-ortho nitro benzene ring substituents is 1. The van der Waals surface area contributed by atoms with Crippen molar-refractivity contribution in [3.63, 3.8) is 0 Å². The molecular formula is C13H13N3O2. The van der Waals surface area contributed by atoms with Gasteiger partial charge in [-0.05, 0) is 31.2 Å². The first-order chi connectivity index (χ1) is 8.58. The monoisotopic (exact) mass is 243 g/mol. The maximum Gasteiger partial charge on any atom is 0.269 e. The standard InChI is InChI=1S/C13H13N3O2/c1-10-3-6-13(15(10)2)9-14-11-4-7-12(8-5-11)16(17)18/h3-9H,1-2H3. The number of nitro groups is 1. The van der Waals surface area contributed by atoms with Gasteiger partial charge in [0.2, 0.25) is 0 Å². The summed E-state index contributed by atoms with van der Waals surface area (Å²) in [5.74, 6) is 0. The molecule has 0 aliphatic rings. The zero-order valence-corrected chi connectivity index (χ0v) is 10.2. The summed E-state index contributed by atoms with van der Waals surface area (Å²) < 4.78 is 2.02. The van der Waals surface area contributed by atoms with Crippen LogP contribution in [-0.4, -0.2) is 15.7 Å². The van der Waals surface area contributed by atoms with Crippen molar-refractivity contribution in [2.75, 3.05) is 0 Å². The van der Waals surface area contributed by atoms with Crippen LogP contribution in [0, 0.1) is 17.0 Å². The third kappa shape index (κ3) is 2.45. The normalized spacial score (nSPS) is 11.0. The first kappa shape index (κ1) is 12.0. The van der Waals surface area contributed by atoms with Crippen LogP contribution in [0.4, 0.5) is 11.4 Å². The molecule has 0 aliphatic heterocycles. The Morgan fingerprint density at radius 2 is 1.89 bits per heavy atom. The lowest BCUT2D eigenvalue weighted by Crippen LogP contribution is -1.96. The van der Waals surface area contributed by atoms with Crippen LogP contribution in [0.25, 0.3) is 0 Å². The second-order valence-electron chi connectivity index (χ2n) is 3.99. The Morgan fingerprint density at radius 3 is 2.39 bits per heavy atom. The molecule has 5 heteroatoms. The van der Waals surface area contributed by atoms with E-state index >= 15 is 0 Å². The van der Waals surface area contributed by atoms with E-state index in [1.165, 1.54) is 12.1 Å². The lowest BCUT2D eigenvalue weighted by Gasteiger charge is -1.99. The molecule has 1 heterocycles. The van der Waals surface area contributed by atoms with Crippen molar-refractivity contribution in [2.45, 2.75) is 6.92 Å². The van der Waals surface area contributed by atoms with Gasteiger partial charge in [0.25, 0.3) is 5.69 Å². The van der Waals surface area contributed by atoms with E-state index < -0.39 is 4.92 Å². The van der Waals surface area contributed by atoms with Crippen molar-refractivity contribution in [3.8, 4) is 0 Å². The fourth-order valence-electron chi connectivity index (χ4n) is 1.56. The molecular weight excluding hydrogens is 230 g/mol. The Labute approximate surface area is 105 Å². The van der Waals surface area contributed by atoms with Gasteiger partial charge in [-0.3, -0.25) is 15.1 Å². The van der Waals surface area contributed by atoms with E-state index in [0.29, 0.717) is 5.69 Å². The summed E-state index contributed by atoms with van der Waals surface area (Å²) in [6, 6.07) is 10.1. The Balaban J connectivity index is 2.19. The number of aliphatic imine (C=N–C) groups is 1. The Bertz CT molecular complexity index is 597. The molecule has 0 amide bonds. The fourth-order valence-corrected chi connectivity index (χ4v) is 1.56. The highest BCUT2D eigenvalue weighted by Crippen LogP contribution is 2.17. The van der Waals surface area contributed by atoms with Crippen LogP contribution in [0.1, 0.15) is 11.4 Å². The van der Waals surface area contributed by atoms with Gasteiger partial charge in [-0.2, -0.15) is 0 Å². The molecule has 0 bridgehead atoms. The van der Waals surface area contributed by atoms with Gasteiger partial charge < -0.3 is 4.57 Å². The number of rotatable bonds is 3. The summed E-state index contributed by atoms with van der Waals surface area (Å²) in [4.78, 5) is 14.4. The highest BCUT2D eigenvalue weighted by Gasteiger charge is 2.03. The predicted molar refractivity (Wildman–Crippen MR) is 70.5 cm³/mol. The van der Waals surface area contributed by atoms with Gasteiger partial charge in [-0.1, -0.05) is 0 Å². The molecule has 0 fully saturated rings. The minimum Gasteiger partial charge on any atom is -0.347 e. The smallest absolute Gasteiger partial charge is 0.269 e. The molecule has 1 aromatic heterocycles. The molecule has 0 N–H and O–H groups in total. The summed E-state index contributed by atoms with van der Waals surface area (Å²) in [7, 11) is 1.96. The first-order valence-corrected chi connectivity index (χ1v) is 5.49. The van der Waals surface area contributed by atoms with Crippen LogP contribution in [0.15, 0.2) is 41.4 Å². The summed E-state index contributed by atoms with van der Waals surface area (Å²) in [5.41, 5.74) is 2.91. The van der Waals surface area contributed by atoms with Crippen LogP contribution in [0.3, 0.4) is 0 Å². The highest BCUT2D eigenvalue weighted by molar-refractivity contribution is 5.80. The summed E-state index contributed by atoms with van der Waals surface area (Å²) in [6.45, 7) is 2.02. The zero-order valence-electron chi connectivity index (χ0n) is 10.2. The van der Waals surface area contributed by atoms with E-state index in [2.05, 4.69) is 4.99 Å². The van der Waals surface area contributed by atoms with Gasteiger partial charge in [-0.15, -0.1) is 0 Å². The van der Waals surface area contributed by atoms with Gasteiger partial charge in [0, 0.05) is 24.9 Å². The molecule has 0 saturated heterocycles. The van der Waals surface area contributed by atoms with E-state index in [0.717, 1.165) is 11.4 Å². The topological polar surface area (TPSA) is 60.4 Å². The van der Waals surface area contributed by atoms with Crippen molar-refractivity contribution in [2.24, 2.45) is 12.0 Å². The van der Waals surface area contributed by atoms with Crippen LogP contribution in [-0.2, 0) is 7.05 Å². The van der Waals surface area contributed by atoms with Gasteiger partial charge in [0.05, 0.1) is 22.5 Å². The predicted octanol–water partition coefficient (Wildman–Crippen LogP) is 2.99. The minimum atomic E-state index is -0.423. The van der Waals surface area contributed by atoms with Crippen LogP contribution in [0.2, 0.25) is 0 Å². The Kier molecular flexibility index (Phi) is 3.23. The Morgan fingerprint density at radius 1 is 1.22 bits per heavy atom. The molecule has 5 nitrogen and oxygen atoms in total. The van der Waals surface area contributed by atoms with Crippen LogP contribution < -0.4 is 0 Å². The average Bonchev–Trinajstić information content (AvgIpc) is 2.68. The quantitative estimate of drug-likeness (QED) is 0.472. The Hall–Kier alpha value is -2.43. The van der Waals surface area contributed by atoms with Crippen molar-refractivity contribution in [3.05, 3.63) is 57.9 Å². The molecule has 0 saturated carbocycles. The van der Waals surface area contributed by atoms with Crippen molar-refractivity contribution in [1.82, 2.24) is 4.57 Å². The van der Waals surface area contributed by atoms with Crippen molar-refractivity contribution < 1.29 is 4.92 Å². The second-order valence-corrected chi connectivity index (χ2v) is 3.99. The average molecular weight is 243 g/mol. The molecule has 0 aliphatic carbocycles. The molecule has 0 atom stereocenters. The SMILES string of the molecule is Cc1ccc(C=Nc2ccc([N+](=O)[O-])cc2)n1C. The van der Waals surface area contributed by atoms with E-state index in [4.69, 9.17) is 0 Å².